The molecule has 0 spiro atoms. The first-order valence-electron chi connectivity index (χ1n) is 0. The van der Waals surface area contributed by atoms with Crippen LogP contribution in [0.15, 0.2) is 0 Å². The zero-order valence-electron chi connectivity index (χ0n) is 3.54. The van der Waals surface area contributed by atoms with E-state index < -0.39 is 0 Å². The first kappa shape index (κ1) is 130. The van der Waals surface area contributed by atoms with Crippen molar-refractivity contribution in [1.82, 2.24) is 0 Å². The molecule has 0 atom stereocenters. The summed E-state index contributed by atoms with van der Waals surface area (Å²) < 4.78 is 0. The van der Waals surface area contributed by atoms with E-state index in [9.17, 15) is 0 Å². The first-order chi connectivity index (χ1) is 0. The minimum absolute atomic E-state index is 0. The van der Waals surface area contributed by atoms with Gasteiger partial charge in [-0.1, -0.05) is 0 Å². The van der Waals surface area contributed by atoms with Crippen LogP contribution in [0.4, 0.5) is 0 Å². The third-order valence-corrected chi connectivity index (χ3v) is 0. The number of hydrogen-bond donors (Lipinski definition) is 0. The molecule has 13 heavy (non-hydrogen) atoms. The van der Waals surface area contributed by atoms with E-state index in [-0.39, 0.29) is 280 Å². The molecule has 0 aliphatic rings. The topological polar surface area (TPSA) is 142 Å². The van der Waals surface area contributed by atoms with Crippen LogP contribution in [0, 0.1) is 0 Å². The van der Waals surface area contributed by atoms with Crippen LogP contribution in [-0.4, -0.2) is 219 Å². The van der Waals surface area contributed by atoms with E-state index in [1.54, 1.807) is 0 Å². The molecule has 0 aromatic heterocycles. The second-order valence-electron chi connectivity index (χ2n) is 0. The van der Waals surface area contributed by atoms with Crippen molar-refractivity contribution in [2.75, 3.05) is 0 Å². The summed E-state index contributed by atoms with van der Waals surface area (Å²) in [5.74, 6) is 0. The van der Waals surface area contributed by atoms with E-state index in [1.165, 1.54) is 0 Å². The predicted octanol–water partition coefficient (Wildman–Crippen LogP) is -5.03. The van der Waals surface area contributed by atoms with Crippen LogP contribution in [0.25, 0.3) is 0 Å². The zero-order chi connectivity index (χ0) is 0. The van der Waals surface area contributed by atoms with Gasteiger partial charge in [0.05, 0.1) is 0 Å². The van der Waals surface area contributed by atoms with Gasteiger partial charge in [-0.25, -0.2) is 0 Å². The van der Waals surface area contributed by atoms with Crippen molar-refractivity contribution >= 4 is 219 Å². The molecule has 6 radical (unpaired) electrons. The second kappa shape index (κ2) is 112. The molecule has 13 heteroatoms. The molecule has 78 valence electrons. The standard InChI is InChI=1S/2Bi.2Ca.2Cu.5O.2Sr.8H/q2*+3;;;2*+2;5*-2;;;;;;;;;;. The zero-order valence-corrected chi connectivity index (χ0v) is 12.4. The number of hydrogen-bond acceptors (Lipinski definition) is 0. The Kier molecular flexibility index (Phi) is 1120. The van der Waals surface area contributed by atoms with Crippen LogP contribution in [0.3, 0.4) is 0 Å². The molecule has 0 rings (SSSR count). The van der Waals surface area contributed by atoms with Crippen molar-refractivity contribution in [3.63, 3.8) is 0 Å². The van der Waals surface area contributed by atoms with E-state index in [4.69, 9.17) is 0 Å². The van der Waals surface area contributed by atoms with Gasteiger partial charge in [-0.3, -0.25) is 0 Å². The fourth-order valence-corrected chi connectivity index (χ4v) is 0. The Bertz CT molecular complexity index is 28.5. The molecule has 0 heterocycles. The summed E-state index contributed by atoms with van der Waals surface area (Å²) in [6.07, 6.45) is 0. The van der Waals surface area contributed by atoms with Crippen molar-refractivity contribution in [3.8, 4) is 0 Å². The van der Waals surface area contributed by atoms with Gasteiger partial charge in [0.2, 0.25) is 0 Å². The van der Waals surface area contributed by atoms with Gasteiger partial charge in [0.25, 0.3) is 0 Å². The Labute approximate surface area is 271 Å². The molecule has 0 aliphatic carbocycles. The minimum atomic E-state index is 0. The van der Waals surface area contributed by atoms with E-state index in [0.717, 1.165) is 0 Å². The molecular weight excluding hydrogens is 880 g/mol. The maximum atomic E-state index is 0. The van der Waals surface area contributed by atoms with Crippen LogP contribution in [0.5, 0.6) is 0 Å². The number of rotatable bonds is 0. The predicted molar refractivity (Wildman–Crippen MR) is 49.1 cm³/mol. The third kappa shape index (κ3) is 100. The fourth-order valence-electron chi connectivity index (χ4n) is 0. The normalized spacial score (nSPS) is 0. The maximum absolute atomic E-state index is 0. The molecule has 0 N–H and O–H groups in total. The van der Waals surface area contributed by atoms with Gasteiger partial charge >= 0.3 is 253 Å². The van der Waals surface area contributed by atoms with Crippen LogP contribution in [0.2, 0.25) is 0 Å². The van der Waals surface area contributed by atoms with Gasteiger partial charge in [0, 0.05) is 0 Å². The molecule has 5 nitrogen and oxygen atoms in total. The van der Waals surface area contributed by atoms with E-state index in [2.05, 4.69) is 0 Å². The summed E-state index contributed by atoms with van der Waals surface area (Å²) in [4.78, 5) is 0. The van der Waals surface area contributed by atoms with Gasteiger partial charge in [0.15, 0.2) is 0 Å². The van der Waals surface area contributed by atoms with Crippen molar-refractivity contribution < 1.29 is 61.5 Å². The molecule has 0 bridgehead atoms. The molecule has 0 aliphatic heterocycles. The molecule has 0 amide bonds. The van der Waals surface area contributed by atoms with Crippen molar-refractivity contribution in [2.45, 2.75) is 0 Å². The quantitative estimate of drug-likeness (QED) is 0.215. The Morgan fingerprint density at radius 1 is 0.385 bits per heavy atom. The van der Waals surface area contributed by atoms with E-state index >= 15 is 0 Å². The fraction of sp³-hybridized carbons (Fsp3) is 0. The Hall–Kier alpha value is 8.09. The Morgan fingerprint density at radius 2 is 0.385 bits per heavy atom. The van der Waals surface area contributed by atoms with E-state index in [0.29, 0.717) is 0 Å². The van der Waals surface area contributed by atoms with Crippen molar-refractivity contribution in [2.24, 2.45) is 0 Å². The first-order valence-corrected chi connectivity index (χ1v) is 0. The Balaban J connectivity index is 0. The van der Waals surface area contributed by atoms with Gasteiger partial charge in [-0.05, 0) is 0 Å². The average Bonchev–Trinajstić information content (AvgIpc) is 0. The van der Waals surface area contributed by atoms with Gasteiger partial charge in [-0.2, -0.15) is 0 Å². The SMILES string of the molecule is [Bi+3].[Bi+3].[CaH2].[CaH2].[Cu+2].[Cu+2].[O-2].[O-2].[O-2].[O-2].[O-2].[SrH2].[SrH2]. The molecular formula is H8Bi2Ca2Cu2O5Sr2. The molecule has 0 fully saturated rings. The third-order valence-electron chi connectivity index (χ3n) is 0. The molecule has 0 aromatic rings. The van der Waals surface area contributed by atoms with E-state index in [1.807, 2.05) is 0 Å². The van der Waals surface area contributed by atoms with Gasteiger partial charge in [0.1, 0.15) is 0 Å². The van der Waals surface area contributed by atoms with Crippen molar-refractivity contribution in [3.05, 3.63) is 0 Å². The van der Waals surface area contributed by atoms with Gasteiger partial charge in [-0.15, -0.1) is 0 Å². The Morgan fingerprint density at radius 3 is 0.385 bits per heavy atom. The second-order valence-corrected chi connectivity index (χ2v) is 0. The summed E-state index contributed by atoms with van der Waals surface area (Å²) >= 11 is 0. The van der Waals surface area contributed by atoms with Crippen LogP contribution in [0.1, 0.15) is 0 Å². The molecule has 0 saturated heterocycles. The summed E-state index contributed by atoms with van der Waals surface area (Å²) in [6, 6.07) is 0. The average molecular weight is 889 g/mol. The van der Waals surface area contributed by atoms with Crippen LogP contribution in [-0.2, 0) is 61.5 Å². The molecule has 0 unspecified atom stereocenters. The summed E-state index contributed by atoms with van der Waals surface area (Å²) in [6.45, 7) is 0. The molecule has 0 saturated carbocycles. The monoisotopic (exact) mass is 888 g/mol. The van der Waals surface area contributed by atoms with Crippen LogP contribution >= 0.6 is 0 Å². The summed E-state index contributed by atoms with van der Waals surface area (Å²) in [7, 11) is 0. The summed E-state index contributed by atoms with van der Waals surface area (Å²) in [5.41, 5.74) is 0. The van der Waals surface area contributed by atoms with Crippen LogP contribution < -0.4 is 0 Å². The summed E-state index contributed by atoms with van der Waals surface area (Å²) in [5, 5.41) is 0. The van der Waals surface area contributed by atoms with Gasteiger partial charge < -0.3 is 27.4 Å². The van der Waals surface area contributed by atoms with Crippen molar-refractivity contribution in [1.29, 1.82) is 0 Å². The molecule has 0 aromatic carbocycles.